The molecule has 422 valence electrons. The van der Waals surface area contributed by atoms with Gasteiger partial charge < -0.3 is 0 Å². The molecule has 0 saturated heterocycles. The lowest BCUT2D eigenvalue weighted by Gasteiger charge is -2.33. The second kappa shape index (κ2) is 20.3. The monoisotopic (exact) mass is 1380 g/mol. The molecule has 20 rings (SSSR count). The summed E-state index contributed by atoms with van der Waals surface area (Å²) in [7, 11) is 0. The van der Waals surface area contributed by atoms with Crippen molar-refractivity contribution in [1.82, 2.24) is 0 Å². The topological polar surface area (TPSA) is 0 Å². The molecule has 16 aromatic rings. The molecule has 4 aliphatic heterocycles. The number of hydrogen-bond acceptors (Lipinski definition) is 0. The predicted molar refractivity (Wildman–Crippen MR) is 410 cm³/mol. The molecule has 0 aliphatic carbocycles. The highest BCUT2D eigenvalue weighted by Gasteiger charge is 2.46. The summed E-state index contributed by atoms with van der Waals surface area (Å²) in [5, 5.41) is 8.00. The van der Waals surface area contributed by atoms with E-state index in [2.05, 4.69) is 349 Å². The fourth-order valence-corrected chi connectivity index (χ4v) is 18.3. The zero-order valence-corrected chi connectivity index (χ0v) is 54.1. The summed E-state index contributed by atoms with van der Waals surface area (Å²) in [5.74, 6) is 0. The van der Waals surface area contributed by atoms with E-state index in [1.807, 2.05) is 0 Å². The largest absolute Gasteiger partial charge is 0.244 e. The average Bonchev–Trinajstić information content (AvgIpc) is 1.21. The van der Waals surface area contributed by atoms with E-state index in [9.17, 15) is 0 Å². The van der Waals surface area contributed by atoms with Gasteiger partial charge in [0, 0.05) is 7.14 Å². The molecule has 0 bridgehead atoms. The van der Waals surface area contributed by atoms with Crippen LogP contribution in [0.2, 0.25) is 0 Å². The number of hydrogen-bond donors (Lipinski definition) is 0. The Labute approximate surface area is 562 Å². The van der Waals surface area contributed by atoms with Crippen LogP contribution in [0.25, 0.3) is 166 Å². The van der Waals surface area contributed by atoms with Gasteiger partial charge in [0.15, 0.2) is 0 Å². The zero-order valence-electron chi connectivity index (χ0n) is 49.8. The summed E-state index contributed by atoms with van der Waals surface area (Å²) in [5.41, 5.74) is 38.5. The highest BCUT2D eigenvalue weighted by Crippen LogP contribution is 2.55. The van der Waals surface area contributed by atoms with Crippen molar-refractivity contribution in [3.63, 3.8) is 0 Å². The van der Waals surface area contributed by atoms with E-state index in [0.717, 1.165) is 0 Å². The van der Waals surface area contributed by atoms with Crippen molar-refractivity contribution in [2.75, 3.05) is 0 Å². The van der Waals surface area contributed by atoms with Gasteiger partial charge in [-0.2, -0.15) is 0 Å². The van der Waals surface area contributed by atoms with Gasteiger partial charge in [-0.25, -0.2) is 0 Å². The molecule has 0 spiro atoms. The van der Waals surface area contributed by atoms with Crippen LogP contribution in [-0.4, -0.2) is 13.4 Å². The van der Waals surface area contributed by atoms with E-state index < -0.39 is 0 Å². The van der Waals surface area contributed by atoms with Crippen LogP contribution in [0.5, 0.6) is 0 Å². The molecule has 0 radical (unpaired) electrons. The van der Waals surface area contributed by atoms with Gasteiger partial charge in [0.25, 0.3) is 0 Å². The molecule has 0 aromatic heterocycles. The Morgan fingerprint density at radius 1 is 0.185 bits per heavy atom. The zero-order chi connectivity index (χ0) is 60.4. The van der Waals surface area contributed by atoms with Gasteiger partial charge in [-0.3, -0.25) is 0 Å². The fraction of sp³-hybridized carbons (Fsp3) is 0. The Hall–Kier alpha value is -9.85. The lowest BCUT2D eigenvalue weighted by Crippen LogP contribution is -2.53. The van der Waals surface area contributed by atoms with Crippen molar-refractivity contribution in [1.29, 1.82) is 0 Å². The Balaban J connectivity index is 1.02. The minimum atomic E-state index is -0.0125. The SMILES string of the molecule is Ic1cc2c3c(c1)-c1cc(-c4c(-c5ccccc5)cccc4-c4ccccc4)c4cc5c6c(cc(-c7c(-c8ccccc8)cccc7-c7ccccc7)c7cc(c1c4c76)B3c1ccc(-c3ccccc3)cc1-2)-c1cc(I)cc2c1B5c1ccc(-c3ccccc3)cc1-2. The summed E-state index contributed by atoms with van der Waals surface area (Å²) >= 11 is 5.24. The van der Waals surface area contributed by atoms with Crippen LogP contribution in [0.15, 0.2) is 303 Å². The smallest absolute Gasteiger partial charge is 0.0657 e. The summed E-state index contributed by atoms with van der Waals surface area (Å²) in [6.07, 6.45) is 0. The van der Waals surface area contributed by atoms with Crippen molar-refractivity contribution < 1.29 is 0 Å². The molecule has 0 N–H and O–H groups in total. The maximum Gasteiger partial charge on any atom is 0.244 e. The molecule has 0 fully saturated rings. The van der Waals surface area contributed by atoms with Gasteiger partial charge in [0.05, 0.1) is 0 Å². The summed E-state index contributed by atoms with van der Waals surface area (Å²) in [4.78, 5) is 0. The standard InChI is InChI=1S/C88H50B2I2/c91-59-43-73-65-41-57(51-21-7-1-8-22-51)37-39-77(65)89-79-49-71-68(82-63(55-29-15-5-16-30-55)35-20-36-64(82)56-31-17-6-18-32-56)48-70-76-46-60(92)44-74-66-42-58(52-23-9-2-10-24-52)38-40-78(66)90(88(74)76)80-50-72-67(47-69(75(45-59)87(73)89)83(79)85(72)86(71)84(70)80)81-61(53-25-11-3-12-26-53)33-19-34-62(81)54-27-13-4-14-28-54/h1-50H. The van der Waals surface area contributed by atoms with Gasteiger partial charge in [-0.05, 0) is 260 Å². The van der Waals surface area contributed by atoms with Crippen LogP contribution in [-0.2, 0) is 0 Å². The van der Waals surface area contributed by atoms with Gasteiger partial charge >= 0.3 is 0 Å². The minimum absolute atomic E-state index is 0.0125. The van der Waals surface area contributed by atoms with E-state index in [4.69, 9.17) is 0 Å². The first kappa shape index (κ1) is 52.9. The van der Waals surface area contributed by atoms with Crippen molar-refractivity contribution in [3.05, 3.63) is 310 Å². The molecule has 4 heterocycles. The number of fused-ring (bicyclic) bond motifs is 10. The normalized spacial score (nSPS) is 12.6. The Kier molecular flexibility index (Phi) is 11.7. The maximum absolute atomic E-state index is 2.72. The van der Waals surface area contributed by atoms with Crippen molar-refractivity contribution >= 4 is 124 Å². The maximum atomic E-state index is 2.72. The van der Waals surface area contributed by atoms with Crippen LogP contribution >= 0.6 is 45.2 Å². The third-order valence-electron chi connectivity index (χ3n) is 20.8. The molecular weight excluding hydrogens is 1330 g/mol. The first-order valence-corrected chi connectivity index (χ1v) is 34.1. The number of benzene rings is 16. The molecule has 4 heteroatoms. The van der Waals surface area contributed by atoms with E-state index in [1.54, 1.807) is 0 Å². The van der Waals surface area contributed by atoms with Crippen LogP contribution in [0, 0.1) is 7.14 Å². The first-order valence-electron chi connectivity index (χ1n) is 31.9. The van der Waals surface area contributed by atoms with E-state index in [-0.39, 0.29) is 13.4 Å². The molecule has 0 atom stereocenters. The summed E-state index contributed by atoms with van der Waals surface area (Å²) in [6.45, 7) is -0.0250. The van der Waals surface area contributed by atoms with Crippen LogP contribution in [0.4, 0.5) is 0 Å². The number of halogens is 2. The quantitative estimate of drug-likeness (QED) is 0.0808. The molecule has 0 saturated carbocycles. The highest BCUT2D eigenvalue weighted by molar-refractivity contribution is 14.1. The van der Waals surface area contributed by atoms with Gasteiger partial charge in [-0.15, -0.1) is 0 Å². The van der Waals surface area contributed by atoms with E-state index >= 15 is 0 Å². The van der Waals surface area contributed by atoms with Crippen molar-refractivity contribution in [2.24, 2.45) is 0 Å². The fourth-order valence-electron chi connectivity index (χ4n) is 17.1. The second-order valence-electron chi connectivity index (χ2n) is 25.4. The molecule has 0 unspecified atom stereocenters. The van der Waals surface area contributed by atoms with Gasteiger partial charge in [0.2, 0.25) is 13.4 Å². The van der Waals surface area contributed by atoms with Crippen LogP contribution in [0.1, 0.15) is 0 Å². The molecule has 16 aromatic carbocycles. The number of rotatable bonds is 8. The molecule has 0 amide bonds. The van der Waals surface area contributed by atoms with Crippen LogP contribution in [0.3, 0.4) is 0 Å². The van der Waals surface area contributed by atoms with E-state index in [0.29, 0.717) is 0 Å². The molecule has 92 heavy (non-hydrogen) atoms. The summed E-state index contributed by atoms with van der Waals surface area (Å²) in [6, 6.07) is 116. The van der Waals surface area contributed by atoms with Crippen molar-refractivity contribution in [3.8, 4) is 134 Å². The third kappa shape index (κ3) is 7.65. The van der Waals surface area contributed by atoms with Gasteiger partial charge in [-0.1, -0.05) is 288 Å². The lowest BCUT2D eigenvalue weighted by molar-refractivity contribution is 1.57. The Bertz CT molecular complexity index is 5330. The predicted octanol–water partition coefficient (Wildman–Crippen LogP) is 20.1. The molecule has 4 aliphatic rings. The molecule has 0 nitrogen and oxygen atoms in total. The van der Waals surface area contributed by atoms with E-state index in [1.165, 1.54) is 206 Å². The molecular formula is C88H50B2I2. The Morgan fingerprint density at radius 3 is 0.815 bits per heavy atom. The van der Waals surface area contributed by atoms with Crippen LogP contribution < -0.4 is 32.8 Å². The van der Waals surface area contributed by atoms with Crippen molar-refractivity contribution in [2.45, 2.75) is 0 Å². The Morgan fingerprint density at radius 2 is 0.489 bits per heavy atom. The third-order valence-corrected chi connectivity index (χ3v) is 22.0. The van der Waals surface area contributed by atoms with Gasteiger partial charge in [0.1, 0.15) is 0 Å². The average molecular weight is 1380 g/mol. The summed E-state index contributed by atoms with van der Waals surface area (Å²) < 4.78 is 2.48. The second-order valence-corrected chi connectivity index (χ2v) is 27.9. The lowest BCUT2D eigenvalue weighted by atomic mass is 9.34. The highest BCUT2D eigenvalue weighted by atomic mass is 127. The minimum Gasteiger partial charge on any atom is -0.0657 e. The first-order chi connectivity index (χ1) is 45.5.